The van der Waals surface area contributed by atoms with Gasteiger partial charge in [-0.05, 0) is 69.5 Å². The molecule has 5 heteroatoms. The van der Waals surface area contributed by atoms with E-state index in [1.165, 1.54) is 12.1 Å². The Balaban J connectivity index is 1.37. The predicted octanol–water partition coefficient (Wildman–Crippen LogP) is 4.84. The zero-order chi connectivity index (χ0) is 21.5. The molecular formula is C25H32FN3O. The second kappa shape index (κ2) is 8.10. The van der Waals surface area contributed by atoms with Crippen molar-refractivity contribution >= 4 is 11.6 Å². The highest BCUT2D eigenvalue weighted by Gasteiger charge is 2.42. The van der Waals surface area contributed by atoms with E-state index in [2.05, 4.69) is 31.9 Å². The van der Waals surface area contributed by atoms with Crippen LogP contribution in [-0.4, -0.2) is 35.4 Å². The molecule has 160 valence electrons. The first-order valence-corrected chi connectivity index (χ1v) is 11.0. The molecule has 2 aliphatic rings. The van der Waals surface area contributed by atoms with Gasteiger partial charge in [0.25, 0.3) is 0 Å². The van der Waals surface area contributed by atoms with E-state index in [9.17, 15) is 9.18 Å². The van der Waals surface area contributed by atoms with E-state index >= 15 is 0 Å². The van der Waals surface area contributed by atoms with Crippen molar-refractivity contribution < 1.29 is 9.18 Å². The number of hydrogen-bond acceptors (Lipinski definition) is 3. The van der Waals surface area contributed by atoms with Crippen LogP contribution in [0, 0.1) is 18.7 Å². The Morgan fingerprint density at radius 1 is 1.13 bits per heavy atom. The maximum absolute atomic E-state index is 13.4. The third-order valence-corrected chi connectivity index (χ3v) is 6.78. The van der Waals surface area contributed by atoms with Crippen LogP contribution in [-0.2, 0) is 16.8 Å². The average Bonchev–Trinajstić information content (AvgIpc) is 2.99. The smallest absolute Gasteiger partial charge is 0.230 e. The number of anilines is 1. The molecule has 1 aromatic heterocycles. The van der Waals surface area contributed by atoms with Crippen LogP contribution >= 0.6 is 0 Å². The van der Waals surface area contributed by atoms with Crippen LogP contribution in [0.25, 0.3) is 0 Å². The summed E-state index contributed by atoms with van der Waals surface area (Å²) in [6.07, 6.45) is 3.88. The molecule has 0 bridgehead atoms. The van der Waals surface area contributed by atoms with Crippen molar-refractivity contribution in [2.45, 2.75) is 64.5 Å². The van der Waals surface area contributed by atoms with E-state index in [1.54, 1.807) is 0 Å². The first-order valence-electron chi connectivity index (χ1n) is 11.0. The summed E-state index contributed by atoms with van der Waals surface area (Å²) in [5.74, 6) is 0.146. The van der Waals surface area contributed by atoms with Crippen molar-refractivity contribution in [3.8, 4) is 0 Å². The van der Waals surface area contributed by atoms with Crippen molar-refractivity contribution in [2.24, 2.45) is 5.92 Å². The number of fused-ring (bicyclic) bond motifs is 1. The molecule has 4 nitrogen and oxygen atoms in total. The fourth-order valence-electron chi connectivity index (χ4n) is 5.01. The Kier molecular flexibility index (Phi) is 5.67. The quantitative estimate of drug-likeness (QED) is 0.725. The van der Waals surface area contributed by atoms with E-state index in [4.69, 9.17) is 4.98 Å². The Labute approximate surface area is 179 Å². The first-order chi connectivity index (χ1) is 14.2. The third-order valence-electron chi connectivity index (χ3n) is 6.78. The number of aromatic nitrogens is 1. The number of pyridine rings is 1. The SMILES string of the molecule is Cc1ccc2c(n1)C(C)(C)CN2C(=O)[C@H]1CC[C@H](N(C)Cc2ccc(F)cc2)CC1. The van der Waals surface area contributed by atoms with Crippen LogP contribution in [0.4, 0.5) is 10.1 Å². The van der Waals surface area contributed by atoms with Gasteiger partial charge in [0, 0.05) is 36.2 Å². The molecule has 4 rings (SSSR count). The van der Waals surface area contributed by atoms with E-state index in [0.717, 1.165) is 54.9 Å². The van der Waals surface area contributed by atoms with Crippen LogP contribution in [0.2, 0.25) is 0 Å². The number of carbonyl (C=O) groups is 1. The van der Waals surface area contributed by atoms with Crippen LogP contribution in [0.15, 0.2) is 36.4 Å². The number of benzene rings is 1. The zero-order valence-electron chi connectivity index (χ0n) is 18.5. The topological polar surface area (TPSA) is 36.4 Å². The van der Waals surface area contributed by atoms with Gasteiger partial charge in [-0.1, -0.05) is 26.0 Å². The van der Waals surface area contributed by atoms with Crippen molar-refractivity contribution in [3.63, 3.8) is 0 Å². The van der Waals surface area contributed by atoms with Gasteiger partial charge in [0.05, 0.1) is 11.4 Å². The highest BCUT2D eigenvalue weighted by molar-refractivity contribution is 5.97. The third kappa shape index (κ3) is 4.13. The summed E-state index contributed by atoms with van der Waals surface area (Å²) in [6.45, 7) is 7.87. The first kappa shape index (κ1) is 21.0. The monoisotopic (exact) mass is 409 g/mol. The minimum Gasteiger partial charge on any atom is -0.309 e. The summed E-state index contributed by atoms with van der Waals surface area (Å²) in [5, 5.41) is 0. The molecule has 0 saturated heterocycles. The molecule has 2 heterocycles. The second-order valence-corrected chi connectivity index (χ2v) is 9.68. The number of halogens is 1. The standard InChI is InChI=1S/C25H32FN3O/c1-17-5-14-22-23(27-17)25(2,3)16-29(22)24(30)19-8-12-21(13-9-19)28(4)15-18-6-10-20(26)11-7-18/h5-7,10-11,14,19,21H,8-9,12-13,15-16H2,1-4H3/t19-,21-. The maximum atomic E-state index is 13.4. The fraction of sp³-hybridized carbons (Fsp3) is 0.520. The van der Waals surface area contributed by atoms with E-state index < -0.39 is 0 Å². The summed E-state index contributed by atoms with van der Waals surface area (Å²) in [5.41, 5.74) is 4.05. The van der Waals surface area contributed by atoms with Crippen molar-refractivity contribution in [1.82, 2.24) is 9.88 Å². The number of nitrogens with zero attached hydrogens (tertiary/aromatic N) is 3. The Bertz CT molecular complexity index is 916. The normalized spacial score (nSPS) is 22.9. The van der Waals surface area contributed by atoms with Crippen molar-refractivity contribution in [1.29, 1.82) is 0 Å². The van der Waals surface area contributed by atoms with Gasteiger partial charge in [-0.3, -0.25) is 14.7 Å². The Morgan fingerprint density at radius 2 is 1.80 bits per heavy atom. The van der Waals surface area contributed by atoms with Crippen molar-refractivity contribution in [3.05, 3.63) is 59.2 Å². The molecule has 1 aliphatic carbocycles. The molecule has 0 radical (unpaired) electrons. The summed E-state index contributed by atoms with van der Waals surface area (Å²) in [4.78, 5) is 22.4. The van der Waals surface area contributed by atoms with Gasteiger partial charge in [-0.2, -0.15) is 0 Å². The van der Waals surface area contributed by atoms with Crippen LogP contribution in [0.5, 0.6) is 0 Å². The highest BCUT2D eigenvalue weighted by atomic mass is 19.1. The van der Waals surface area contributed by atoms with Gasteiger partial charge in [-0.25, -0.2) is 4.39 Å². The fourth-order valence-corrected chi connectivity index (χ4v) is 5.01. The van der Waals surface area contributed by atoms with Crippen molar-refractivity contribution in [2.75, 3.05) is 18.5 Å². The van der Waals surface area contributed by atoms with Crippen LogP contribution in [0.1, 0.15) is 56.5 Å². The summed E-state index contributed by atoms with van der Waals surface area (Å²) >= 11 is 0. The van der Waals surface area contributed by atoms with Gasteiger partial charge in [0.15, 0.2) is 0 Å². The lowest BCUT2D eigenvalue weighted by Gasteiger charge is -2.35. The van der Waals surface area contributed by atoms with Gasteiger partial charge in [0.1, 0.15) is 5.82 Å². The largest absolute Gasteiger partial charge is 0.309 e. The summed E-state index contributed by atoms with van der Waals surface area (Å²) in [6, 6.07) is 11.3. The Morgan fingerprint density at radius 3 is 2.47 bits per heavy atom. The van der Waals surface area contributed by atoms with E-state index in [1.807, 2.05) is 30.0 Å². The number of rotatable bonds is 4. The van der Waals surface area contributed by atoms with E-state index in [-0.39, 0.29) is 23.1 Å². The molecule has 0 spiro atoms. The molecule has 1 fully saturated rings. The van der Waals surface area contributed by atoms with Crippen LogP contribution < -0.4 is 4.90 Å². The Hall–Kier alpha value is -2.27. The lowest BCUT2D eigenvalue weighted by Crippen LogP contribution is -2.42. The highest BCUT2D eigenvalue weighted by Crippen LogP contribution is 2.41. The van der Waals surface area contributed by atoms with E-state index in [0.29, 0.717) is 12.6 Å². The summed E-state index contributed by atoms with van der Waals surface area (Å²) in [7, 11) is 2.13. The molecule has 0 unspecified atom stereocenters. The molecule has 0 atom stereocenters. The molecule has 0 N–H and O–H groups in total. The van der Waals surface area contributed by atoms with Crippen LogP contribution in [0.3, 0.4) is 0 Å². The lowest BCUT2D eigenvalue weighted by atomic mass is 9.84. The number of aryl methyl sites for hydroxylation is 1. The van der Waals surface area contributed by atoms with Gasteiger partial charge in [0.2, 0.25) is 5.91 Å². The molecule has 1 saturated carbocycles. The molecule has 1 aromatic carbocycles. The number of carbonyl (C=O) groups excluding carboxylic acids is 1. The predicted molar refractivity (Wildman–Crippen MR) is 118 cm³/mol. The minimum absolute atomic E-state index is 0.0866. The molecule has 1 amide bonds. The second-order valence-electron chi connectivity index (χ2n) is 9.68. The summed E-state index contributed by atoms with van der Waals surface area (Å²) < 4.78 is 13.1. The molecule has 2 aromatic rings. The van der Waals surface area contributed by atoms with Gasteiger partial charge in [-0.15, -0.1) is 0 Å². The number of amides is 1. The molecular weight excluding hydrogens is 377 g/mol. The zero-order valence-corrected chi connectivity index (χ0v) is 18.5. The average molecular weight is 410 g/mol. The minimum atomic E-state index is -0.197. The molecule has 1 aliphatic heterocycles. The molecule has 30 heavy (non-hydrogen) atoms. The maximum Gasteiger partial charge on any atom is 0.230 e. The van der Waals surface area contributed by atoms with Gasteiger partial charge < -0.3 is 4.90 Å². The number of hydrogen-bond donors (Lipinski definition) is 0. The van der Waals surface area contributed by atoms with Gasteiger partial charge >= 0.3 is 0 Å². The lowest BCUT2D eigenvalue weighted by molar-refractivity contribution is -0.123.